The molecule has 0 spiro atoms. The van der Waals surface area contributed by atoms with E-state index in [4.69, 9.17) is 11.6 Å². The van der Waals surface area contributed by atoms with Gasteiger partial charge in [-0.05, 0) is 51.5 Å². The summed E-state index contributed by atoms with van der Waals surface area (Å²) in [5.74, 6) is -0.397. The number of rotatable bonds is 4. The third-order valence-electron chi connectivity index (χ3n) is 3.83. The van der Waals surface area contributed by atoms with E-state index in [0.717, 1.165) is 0 Å². The number of anilines is 1. The van der Waals surface area contributed by atoms with Crippen molar-refractivity contribution in [1.29, 1.82) is 0 Å². The summed E-state index contributed by atoms with van der Waals surface area (Å²) < 4.78 is 25.4. The summed E-state index contributed by atoms with van der Waals surface area (Å²) in [5, 5.41) is 7.25. The molecule has 8 heteroatoms. The molecule has 136 valence electrons. The SMILES string of the molecule is CCc1nn(C)c(C(=O)Nc2ccc(S(=O)(=O)C(C)(C)C)cc2)c1Cl. The predicted molar refractivity (Wildman–Crippen MR) is 98.9 cm³/mol. The molecule has 0 aliphatic carbocycles. The Kier molecular flexibility index (Phi) is 5.30. The molecule has 1 N–H and O–H groups in total. The fourth-order valence-corrected chi connectivity index (χ4v) is 3.87. The second kappa shape index (κ2) is 6.80. The molecule has 0 bridgehead atoms. The number of amides is 1. The minimum absolute atomic E-state index is 0.213. The summed E-state index contributed by atoms with van der Waals surface area (Å²) in [7, 11) is -1.78. The number of nitrogens with one attached hydrogen (secondary N) is 1. The van der Waals surface area contributed by atoms with Gasteiger partial charge in [0.1, 0.15) is 5.69 Å². The molecule has 25 heavy (non-hydrogen) atoms. The monoisotopic (exact) mass is 383 g/mol. The van der Waals surface area contributed by atoms with Crippen LogP contribution in [0.1, 0.15) is 43.9 Å². The summed E-state index contributed by atoms with van der Waals surface area (Å²) in [4.78, 5) is 12.7. The highest BCUT2D eigenvalue weighted by molar-refractivity contribution is 7.92. The molecule has 0 atom stereocenters. The highest BCUT2D eigenvalue weighted by atomic mass is 35.5. The van der Waals surface area contributed by atoms with Crippen molar-refractivity contribution >= 4 is 33.0 Å². The normalized spacial score (nSPS) is 12.2. The highest BCUT2D eigenvalue weighted by Gasteiger charge is 2.30. The molecular weight excluding hydrogens is 362 g/mol. The molecule has 1 heterocycles. The van der Waals surface area contributed by atoms with Gasteiger partial charge in [-0.25, -0.2) is 8.42 Å². The zero-order valence-corrected chi connectivity index (χ0v) is 16.5. The number of aryl methyl sites for hydroxylation is 2. The van der Waals surface area contributed by atoms with Gasteiger partial charge in [-0.1, -0.05) is 18.5 Å². The second-order valence-corrected chi connectivity index (χ2v) is 9.76. The molecule has 0 saturated carbocycles. The average molecular weight is 384 g/mol. The van der Waals surface area contributed by atoms with Crippen LogP contribution in [0.3, 0.4) is 0 Å². The van der Waals surface area contributed by atoms with Gasteiger partial charge in [-0.3, -0.25) is 9.48 Å². The molecule has 0 aliphatic rings. The minimum Gasteiger partial charge on any atom is -0.321 e. The maximum Gasteiger partial charge on any atom is 0.275 e. The van der Waals surface area contributed by atoms with Gasteiger partial charge in [0.25, 0.3) is 5.91 Å². The third-order valence-corrected chi connectivity index (χ3v) is 6.74. The molecule has 2 aromatic rings. The van der Waals surface area contributed by atoms with Gasteiger partial charge in [-0.2, -0.15) is 5.10 Å². The van der Waals surface area contributed by atoms with Crippen LogP contribution >= 0.6 is 11.6 Å². The minimum atomic E-state index is -3.44. The van der Waals surface area contributed by atoms with Crippen molar-refractivity contribution in [3.8, 4) is 0 Å². The zero-order valence-electron chi connectivity index (χ0n) is 14.9. The van der Waals surface area contributed by atoms with Crippen LogP contribution in [-0.2, 0) is 23.3 Å². The van der Waals surface area contributed by atoms with Gasteiger partial charge in [-0.15, -0.1) is 0 Å². The van der Waals surface area contributed by atoms with Gasteiger partial charge in [0, 0.05) is 12.7 Å². The van der Waals surface area contributed by atoms with E-state index >= 15 is 0 Å². The third kappa shape index (κ3) is 3.72. The van der Waals surface area contributed by atoms with Crippen molar-refractivity contribution in [2.75, 3.05) is 5.32 Å². The van der Waals surface area contributed by atoms with Crippen molar-refractivity contribution in [3.05, 3.63) is 40.7 Å². The second-order valence-electron chi connectivity index (χ2n) is 6.68. The number of carbonyl (C=O) groups excluding carboxylic acids is 1. The lowest BCUT2D eigenvalue weighted by molar-refractivity contribution is 0.101. The van der Waals surface area contributed by atoms with E-state index < -0.39 is 20.5 Å². The maximum atomic E-state index is 12.5. The van der Waals surface area contributed by atoms with Crippen molar-refractivity contribution < 1.29 is 13.2 Å². The standard InChI is InChI=1S/C17H22ClN3O3S/c1-6-13-14(18)15(21(5)20-13)16(22)19-11-7-9-12(10-8-11)25(23,24)17(2,3)4/h7-10H,6H2,1-5H3,(H,19,22). The summed E-state index contributed by atoms with van der Waals surface area (Å²) in [6.07, 6.45) is 0.624. The van der Waals surface area contributed by atoms with E-state index in [1.165, 1.54) is 16.8 Å². The molecule has 0 aliphatic heterocycles. The van der Waals surface area contributed by atoms with Crippen LogP contribution in [0.15, 0.2) is 29.2 Å². The Morgan fingerprint density at radius 1 is 1.24 bits per heavy atom. The molecule has 0 unspecified atom stereocenters. The number of aromatic nitrogens is 2. The lowest BCUT2D eigenvalue weighted by atomic mass is 10.2. The molecule has 6 nitrogen and oxygen atoms in total. The van der Waals surface area contributed by atoms with E-state index in [2.05, 4.69) is 10.4 Å². The number of carbonyl (C=O) groups is 1. The van der Waals surface area contributed by atoms with Crippen LogP contribution in [0.4, 0.5) is 5.69 Å². The number of halogens is 1. The lowest BCUT2D eigenvalue weighted by Gasteiger charge is -2.19. The van der Waals surface area contributed by atoms with Gasteiger partial charge < -0.3 is 5.32 Å². The Morgan fingerprint density at radius 3 is 2.24 bits per heavy atom. The van der Waals surface area contributed by atoms with Crippen molar-refractivity contribution in [2.24, 2.45) is 7.05 Å². The van der Waals surface area contributed by atoms with Crippen LogP contribution in [0.5, 0.6) is 0 Å². The predicted octanol–water partition coefficient (Wildman–Crippen LogP) is 3.46. The lowest BCUT2D eigenvalue weighted by Crippen LogP contribution is -2.27. The number of benzene rings is 1. The van der Waals surface area contributed by atoms with Crippen LogP contribution in [0.25, 0.3) is 0 Å². The Hall–Kier alpha value is -1.86. The average Bonchev–Trinajstić information content (AvgIpc) is 2.80. The first-order chi connectivity index (χ1) is 11.5. The molecule has 0 saturated heterocycles. The number of hydrogen-bond acceptors (Lipinski definition) is 4. The molecular formula is C17H22ClN3O3S. The van der Waals surface area contributed by atoms with E-state index in [1.54, 1.807) is 40.0 Å². The summed E-state index contributed by atoms with van der Waals surface area (Å²) in [6, 6.07) is 6.08. The molecule has 1 amide bonds. The van der Waals surface area contributed by atoms with E-state index in [1.807, 2.05) is 6.92 Å². The van der Waals surface area contributed by atoms with Crippen molar-refractivity contribution in [3.63, 3.8) is 0 Å². The van der Waals surface area contributed by atoms with Gasteiger partial charge in [0.05, 0.1) is 20.4 Å². The quantitative estimate of drug-likeness (QED) is 0.876. The van der Waals surface area contributed by atoms with Gasteiger partial charge >= 0.3 is 0 Å². The first kappa shape index (κ1) is 19.5. The van der Waals surface area contributed by atoms with Crippen molar-refractivity contribution in [2.45, 2.75) is 43.8 Å². The maximum absolute atomic E-state index is 12.5. The van der Waals surface area contributed by atoms with Gasteiger partial charge in [0.2, 0.25) is 0 Å². The topological polar surface area (TPSA) is 81.1 Å². The summed E-state index contributed by atoms with van der Waals surface area (Å²) in [5.41, 5.74) is 1.40. The van der Waals surface area contributed by atoms with Gasteiger partial charge in [0.15, 0.2) is 9.84 Å². The molecule has 1 aromatic heterocycles. The van der Waals surface area contributed by atoms with Crippen LogP contribution in [0.2, 0.25) is 5.02 Å². The van der Waals surface area contributed by atoms with Crippen LogP contribution in [-0.4, -0.2) is 28.9 Å². The van der Waals surface area contributed by atoms with Crippen LogP contribution < -0.4 is 5.32 Å². The zero-order chi connectivity index (χ0) is 19.0. The van der Waals surface area contributed by atoms with Crippen molar-refractivity contribution in [1.82, 2.24) is 9.78 Å². The van der Waals surface area contributed by atoms with Crippen LogP contribution in [0, 0.1) is 0 Å². The number of sulfone groups is 1. The Bertz CT molecular complexity index is 894. The fraction of sp³-hybridized carbons (Fsp3) is 0.412. The van der Waals surface area contributed by atoms with E-state index in [9.17, 15) is 13.2 Å². The van der Waals surface area contributed by atoms with E-state index in [-0.39, 0.29) is 10.6 Å². The largest absolute Gasteiger partial charge is 0.321 e. The molecule has 2 rings (SSSR count). The highest BCUT2D eigenvalue weighted by Crippen LogP contribution is 2.26. The fourth-order valence-electron chi connectivity index (χ4n) is 2.29. The summed E-state index contributed by atoms with van der Waals surface area (Å²) >= 11 is 6.20. The first-order valence-corrected chi connectivity index (χ1v) is 9.72. The Balaban J connectivity index is 2.25. The number of nitrogens with zero attached hydrogens (tertiary/aromatic N) is 2. The number of hydrogen-bond donors (Lipinski definition) is 1. The smallest absolute Gasteiger partial charge is 0.275 e. The summed E-state index contributed by atoms with van der Waals surface area (Å²) in [6.45, 7) is 6.85. The first-order valence-electron chi connectivity index (χ1n) is 7.86. The molecule has 1 aromatic carbocycles. The molecule has 0 radical (unpaired) electrons. The van der Waals surface area contributed by atoms with E-state index in [0.29, 0.717) is 22.8 Å². The Labute approximate surface area is 153 Å². The Morgan fingerprint density at radius 2 is 1.80 bits per heavy atom. The molecule has 0 fully saturated rings.